The molecule has 0 aliphatic carbocycles. The van der Waals surface area contributed by atoms with Gasteiger partial charge in [0.25, 0.3) is 0 Å². The third-order valence-corrected chi connectivity index (χ3v) is 3.37. The number of benzene rings is 1. The van der Waals surface area contributed by atoms with Gasteiger partial charge in [-0.2, -0.15) is 0 Å². The minimum atomic E-state index is 0.556. The van der Waals surface area contributed by atoms with E-state index in [1.807, 2.05) is 0 Å². The summed E-state index contributed by atoms with van der Waals surface area (Å²) in [7, 11) is 0. The van der Waals surface area contributed by atoms with Crippen LogP contribution in [-0.2, 0) is 4.74 Å². The molecule has 0 N–H and O–H groups in total. The Kier molecular flexibility index (Phi) is 4.57. The Labute approximate surface area is 105 Å². The summed E-state index contributed by atoms with van der Waals surface area (Å²) >= 11 is 0. The van der Waals surface area contributed by atoms with Crippen molar-refractivity contribution < 1.29 is 4.74 Å². The summed E-state index contributed by atoms with van der Waals surface area (Å²) in [5, 5.41) is 0. The summed E-state index contributed by atoms with van der Waals surface area (Å²) in [4.78, 5) is 2.57. The SMILES string of the molecule is CC(C)CC(c1ccccc1)N1CCOCC1. The van der Waals surface area contributed by atoms with Crippen LogP contribution in [0.25, 0.3) is 0 Å². The van der Waals surface area contributed by atoms with Gasteiger partial charge >= 0.3 is 0 Å². The second kappa shape index (κ2) is 6.18. The van der Waals surface area contributed by atoms with Gasteiger partial charge in [-0.25, -0.2) is 0 Å². The molecule has 0 radical (unpaired) electrons. The zero-order valence-electron chi connectivity index (χ0n) is 10.9. The van der Waals surface area contributed by atoms with E-state index in [0.717, 1.165) is 32.2 Å². The molecule has 1 fully saturated rings. The predicted molar refractivity (Wildman–Crippen MR) is 71.0 cm³/mol. The molecule has 0 saturated carbocycles. The fourth-order valence-electron chi connectivity index (χ4n) is 2.51. The maximum Gasteiger partial charge on any atom is 0.0594 e. The lowest BCUT2D eigenvalue weighted by atomic mass is 9.95. The van der Waals surface area contributed by atoms with Crippen LogP contribution in [0, 0.1) is 5.92 Å². The van der Waals surface area contributed by atoms with E-state index in [-0.39, 0.29) is 0 Å². The first-order chi connectivity index (χ1) is 8.27. The third-order valence-electron chi connectivity index (χ3n) is 3.37. The molecule has 0 amide bonds. The molecule has 2 heteroatoms. The van der Waals surface area contributed by atoms with Gasteiger partial charge in [0.05, 0.1) is 13.2 Å². The molecule has 17 heavy (non-hydrogen) atoms. The summed E-state index contributed by atoms with van der Waals surface area (Å²) in [6.45, 7) is 8.48. The normalized spacial score (nSPS) is 19.5. The molecule has 2 rings (SSSR count). The summed E-state index contributed by atoms with van der Waals surface area (Å²) in [6.07, 6.45) is 1.23. The molecule has 94 valence electrons. The number of hydrogen-bond acceptors (Lipinski definition) is 2. The van der Waals surface area contributed by atoms with Crippen LogP contribution in [0.15, 0.2) is 30.3 Å². The van der Waals surface area contributed by atoms with Crippen LogP contribution in [0.4, 0.5) is 0 Å². The van der Waals surface area contributed by atoms with Gasteiger partial charge in [-0.05, 0) is 17.9 Å². The van der Waals surface area contributed by atoms with Crippen LogP contribution >= 0.6 is 0 Å². The standard InChI is InChI=1S/C15H23NO/c1-13(2)12-15(14-6-4-3-5-7-14)16-8-10-17-11-9-16/h3-7,13,15H,8-12H2,1-2H3. The molecular formula is C15H23NO. The Balaban J connectivity index is 2.12. The van der Waals surface area contributed by atoms with E-state index in [4.69, 9.17) is 4.74 Å². The molecule has 1 heterocycles. The van der Waals surface area contributed by atoms with Crippen LogP contribution in [0.1, 0.15) is 31.9 Å². The Morgan fingerprint density at radius 1 is 1.12 bits per heavy atom. The fraction of sp³-hybridized carbons (Fsp3) is 0.600. The van der Waals surface area contributed by atoms with E-state index in [1.54, 1.807) is 0 Å². The van der Waals surface area contributed by atoms with Gasteiger partial charge in [0, 0.05) is 19.1 Å². The van der Waals surface area contributed by atoms with E-state index in [9.17, 15) is 0 Å². The monoisotopic (exact) mass is 233 g/mol. The van der Waals surface area contributed by atoms with Crippen LogP contribution in [0.5, 0.6) is 0 Å². The van der Waals surface area contributed by atoms with E-state index in [2.05, 4.69) is 49.1 Å². The molecule has 2 nitrogen and oxygen atoms in total. The van der Waals surface area contributed by atoms with Crippen LogP contribution < -0.4 is 0 Å². The zero-order valence-corrected chi connectivity index (χ0v) is 10.9. The van der Waals surface area contributed by atoms with Crippen molar-refractivity contribution in [2.75, 3.05) is 26.3 Å². The first-order valence-corrected chi connectivity index (χ1v) is 6.64. The van der Waals surface area contributed by atoms with Crippen molar-refractivity contribution in [2.24, 2.45) is 5.92 Å². The summed E-state index contributed by atoms with van der Waals surface area (Å²) in [5.41, 5.74) is 1.45. The molecule has 1 aliphatic rings. The van der Waals surface area contributed by atoms with Crippen molar-refractivity contribution in [3.05, 3.63) is 35.9 Å². The first kappa shape index (κ1) is 12.6. The average molecular weight is 233 g/mol. The summed E-state index contributed by atoms with van der Waals surface area (Å²) in [6, 6.07) is 11.4. The topological polar surface area (TPSA) is 12.5 Å². The van der Waals surface area contributed by atoms with Gasteiger partial charge < -0.3 is 4.74 Å². The molecule has 1 saturated heterocycles. The maximum atomic E-state index is 5.45. The molecule has 1 aliphatic heterocycles. The van der Waals surface area contributed by atoms with Gasteiger partial charge in [-0.15, -0.1) is 0 Å². The minimum absolute atomic E-state index is 0.556. The summed E-state index contributed by atoms with van der Waals surface area (Å²) in [5.74, 6) is 0.725. The zero-order chi connectivity index (χ0) is 12.1. The van der Waals surface area contributed by atoms with Crippen molar-refractivity contribution in [1.29, 1.82) is 0 Å². The number of hydrogen-bond donors (Lipinski definition) is 0. The Morgan fingerprint density at radius 2 is 1.76 bits per heavy atom. The Bertz CT molecular complexity index is 317. The van der Waals surface area contributed by atoms with Crippen molar-refractivity contribution in [2.45, 2.75) is 26.3 Å². The quantitative estimate of drug-likeness (QED) is 0.792. The largest absolute Gasteiger partial charge is 0.379 e. The molecule has 0 bridgehead atoms. The molecule has 1 aromatic rings. The van der Waals surface area contributed by atoms with Gasteiger partial charge in [-0.3, -0.25) is 4.90 Å². The number of rotatable bonds is 4. The highest BCUT2D eigenvalue weighted by atomic mass is 16.5. The first-order valence-electron chi connectivity index (χ1n) is 6.64. The van der Waals surface area contributed by atoms with E-state index >= 15 is 0 Å². The second-order valence-electron chi connectivity index (χ2n) is 5.20. The van der Waals surface area contributed by atoms with Gasteiger partial charge in [0.15, 0.2) is 0 Å². The molecular weight excluding hydrogens is 210 g/mol. The number of morpholine rings is 1. The van der Waals surface area contributed by atoms with Crippen LogP contribution in [0.3, 0.4) is 0 Å². The second-order valence-corrected chi connectivity index (χ2v) is 5.20. The van der Waals surface area contributed by atoms with Gasteiger partial charge in [0.1, 0.15) is 0 Å². The Morgan fingerprint density at radius 3 is 2.35 bits per heavy atom. The highest BCUT2D eigenvalue weighted by Crippen LogP contribution is 2.28. The maximum absolute atomic E-state index is 5.45. The van der Waals surface area contributed by atoms with E-state index in [1.165, 1.54) is 12.0 Å². The van der Waals surface area contributed by atoms with E-state index < -0.39 is 0 Å². The molecule has 0 aromatic heterocycles. The smallest absolute Gasteiger partial charge is 0.0594 e. The minimum Gasteiger partial charge on any atom is -0.379 e. The number of nitrogens with zero attached hydrogens (tertiary/aromatic N) is 1. The lowest BCUT2D eigenvalue weighted by Gasteiger charge is -2.35. The molecule has 1 atom stereocenters. The predicted octanol–water partition coefficient (Wildman–Crippen LogP) is 3.11. The number of ether oxygens (including phenoxy) is 1. The highest BCUT2D eigenvalue weighted by Gasteiger charge is 2.22. The van der Waals surface area contributed by atoms with Crippen molar-refractivity contribution >= 4 is 0 Å². The summed E-state index contributed by atoms with van der Waals surface area (Å²) < 4.78 is 5.45. The fourth-order valence-corrected chi connectivity index (χ4v) is 2.51. The lowest BCUT2D eigenvalue weighted by Crippen LogP contribution is -2.39. The van der Waals surface area contributed by atoms with Crippen LogP contribution in [0.2, 0.25) is 0 Å². The van der Waals surface area contributed by atoms with Crippen LogP contribution in [-0.4, -0.2) is 31.2 Å². The van der Waals surface area contributed by atoms with Crippen molar-refractivity contribution in [1.82, 2.24) is 4.90 Å². The van der Waals surface area contributed by atoms with Crippen molar-refractivity contribution in [3.63, 3.8) is 0 Å². The highest BCUT2D eigenvalue weighted by molar-refractivity contribution is 5.19. The average Bonchev–Trinajstić information content (AvgIpc) is 2.38. The lowest BCUT2D eigenvalue weighted by molar-refractivity contribution is 0.0116. The molecule has 1 aromatic carbocycles. The molecule has 1 unspecified atom stereocenters. The Hall–Kier alpha value is -0.860. The third kappa shape index (κ3) is 3.55. The van der Waals surface area contributed by atoms with E-state index in [0.29, 0.717) is 6.04 Å². The van der Waals surface area contributed by atoms with Gasteiger partial charge in [-0.1, -0.05) is 44.2 Å². The molecule has 0 spiro atoms. The van der Waals surface area contributed by atoms with Gasteiger partial charge in [0.2, 0.25) is 0 Å². The van der Waals surface area contributed by atoms with Crippen molar-refractivity contribution in [3.8, 4) is 0 Å².